The maximum atomic E-state index is 12.1. The fraction of sp³-hybridized carbons (Fsp3) is 0.692. The number of carbonyl (C=O) groups excluding carboxylic acids is 1. The van der Waals surface area contributed by atoms with Crippen LogP contribution in [-0.2, 0) is 11.8 Å². The van der Waals surface area contributed by atoms with E-state index in [-0.39, 0.29) is 11.9 Å². The summed E-state index contributed by atoms with van der Waals surface area (Å²) in [4.78, 5) is 12.1. The third-order valence-corrected chi connectivity index (χ3v) is 3.85. The lowest BCUT2D eigenvalue weighted by molar-refractivity contribution is -0.123. The van der Waals surface area contributed by atoms with Gasteiger partial charge in [-0.05, 0) is 24.8 Å². The monoisotopic (exact) mass is 250 g/mol. The topological polar surface area (TPSA) is 59.0 Å². The van der Waals surface area contributed by atoms with Crippen molar-refractivity contribution < 1.29 is 4.79 Å². The van der Waals surface area contributed by atoms with Gasteiger partial charge in [0, 0.05) is 25.4 Å². The van der Waals surface area contributed by atoms with Crippen LogP contribution in [0.4, 0.5) is 0 Å². The van der Waals surface area contributed by atoms with Gasteiger partial charge in [0.2, 0.25) is 5.91 Å². The quantitative estimate of drug-likeness (QED) is 0.814. The van der Waals surface area contributed by atoms with Crippen LogP contribution in [0.5, 0.6) is 0 Å². The van der Waals surface area contributed by atoms with Crippen LogP contribution < -0.4 is 10.6 Å². The number of aryl methyl sites for hydroxylation is 1. The second-order valence-corrected chi connectivity index (χ2v) is 5.80. The van der Waals surface area contributed by atoms with Crippen molar-refractivity contribution >= 4 is 5.91 Å². The van der Waals surface area contributed by atoms with Crippen LogP contribution in [0.25, 0.3) is 0 Å². The Morgan fingerprint density at radius 3 is 2.78 bits per heavy atom. The van der Waals surface area contributed by atoms with Gasteiger partial charge in [0.05, 0.1) is 6.20 Å². The summed E-state index contributed by atoms with van der Waals surface area (Å²) in [5, 5.41) is 10.1. The van der Waals surface area contributed by atoms with Gasteiger partial charge in [-0.2, -0.15) is 5.10 Å². The van der Waals surface area contributed by atoms with Crippen LogP contribution in [0.3, 0.4) is 0 Å². The Hall–Kier alpha value is -1.36. The zero-order valence-corrected chi connectivity index (χ0v) is 11.5. The summed E-state index contributed by atoms with van der Waals surface area (Å²) < 4.78 is 1.71. The predicted molar refractivity (Wildman–Crippen MR) is 69.9 cm³/mol. The summed E-state index contributed by atoms with van der Waals surface area (Å²) in [7, 11) is 3.64. The highest BCUT2D eigenvalue weighted by Crippen LogP contribution is 2.50. The minimum absolute atomic E-state index is 0.0215. The van der Waals surface area contributed by atoms with Gasteiger partial charge in [0.15, 0.2) is 0 Å². The number of carbonyl (C=O) groups is 1. The minimum atomic E-state index is -0.319. The van der Waals surface area contributed by atoms with Gasteiger partial charge in [-0.25, -0.2) is 0 Å². The van der Waals surface area contributed by atoms with E-state index in [0.717, 1.165) is 12.1 Å². The molecule has 0 aliphatic heterocycles. The number of hydrogen-bond acceptors (Lipinski definition) is 3. The Bertz CT molecular complexity index is 438. The number of amides is 1. The molecular formula is C13H22N4O. The van der Waals surface area contributed by atoms with Gasteiger partial charge in [0.25, 0.3) is 0 Å². The van der Waals surface area contributed by atoms with Crippen LogP contribution in [0.1, 0.15) is 31.9 Å². The van der Waals surface area contributed by atoms with Crippen LogP contribution >= 0.6 is 0 Å². The summed E-state index contributed by atoms with van der Waals surface area (Å²) in [6.45, 7) is 5.24. The van der Waals surface area contributed by atoms with E-state index >= 15 is 0 Å². The largest absolute Gasteiger partial charge is 0.354 e. The molecule has 0 spiro atoms. The molecule has 1 aliphatic carbocycles. The zero-order valence-electron chi connectivity index (χ0n) is 11.5. The average Bonchev–Trinajstić information content (AvgIpc) is 2.69. The standard InChI is InChI=1S/C13H22N4O/c1-13(2)5-10(13)7-15-12(18)11(14-3)9-6-16-17(4)8-9/h6,8,10-11,14H,5,7H2,1-4H3,(H,15,18). The first kappa shape index (κ1) is 13.1. The van der Waals surface area contributed by atoms with Gasteiger partial charge in [0.1, 0.15) is 6.04 Å². The van der Waals surface area contributed by atoms with Crippen molar-refractivity contribution in [2.24, 2.45) is 18.4 Å². The number of hydrogen-bond donors (Lipinski definition) is 2. The highest BCUT2D eigenvalue weighted by molar-refractivity contribution is 5.83. The Balaban J connectivity index is 1.90. The summed E-state index contributed by atoms with van der Waals surface area (Å²) >= 11 is 0. The molecule has 1 aromatic heterocycles. The molecule has 2 atom stereocenters. The van der Waals surface area contributed by atoms with E-state index < -0.39 is 0 Å². The van der Waals surface area contributed by atoms with Gasteiger partial charge < -0.3 is 10.6 Å². The highest BCUT2D eigenvalue weighted by atomic mass is 16.2. The molecule has 2 rings (SSSR count). The lowest BCUT2D eigenvalue weighted by Gasteiger charge is -2.15. The summed E-state index contributed by atoms with van der Waals surface area (Å²) in [6.07, 6.45) is 4.79. The van der Waals surface area contributed by atoms with E-state index in [1.807, 2.05) is 13.2 Å². The van der Waals surface area contributed by atoms with Crippen molar-refractivity contribution in [3.05, 3.63) is 18.0 Å². The van der Waals surface area contributed by atoms with Crippen molar-refractivity contribution in [2.75, 3.05) is 13.6 Å². The first-order valence-corrected chi connectivity index (χ1v) is 6.37. The van der Waals surface area contributed by atoms with E-state index in [9.17, 15) is 4.79 Å². The van der Waals surface area contributed by atoms with Gasteiger partial charge in [-0.3, -0.25) is 9.48 Å². The maximum absolute atomic E-state index is 12.1. The number of likely N-dealkylation sites (N-methyl/N-ethyl adjacent to an activating group) is 1. The van der Waals surface area contributed by atoms with E-state index in [0.29, 0.717) is 11.3 Å². The SMILES string of the molecule is CNC(C(=O)NCC1CC1(C)C)c1cnn(C)c1. The second-order valence-electron chi connectivity index (χ2n) is 5.80. The summed E-state index contributed by atoms with van der Waals surface area (Å²) in [5.41, 5.74) is 1.30. The predicted octanol–water partition coefficient (Wildman–Crippen LogP) is 0.843. The Kier molecular flexibility index (Phi) is 3.43. The van der Waals surface area contributed by atoms with Crippen LogP contribution in [-0.4, -0.2) is 29.3 Å². The number of aromatic nitrogens is 2. The smallest absolute Gasteiger partial charge is 0.241 e. The normalized spacial score (nSPS) is 22.6. The molecule has 0 radical (unpaired) electrons. The minimum Gasteiger partial charge on any atom is -0.354 e. The van der Waals surface area contributed by atoms with Crippen LogP contribution in [0.15, 0.2) is 12.4 Å². The van der Waals surface area contributed by atoms with E-state index in [2.05, 4.69) is 29.6 Å². The number of nitrogens with zero attached hydrogens (tertiary/aromatic N) is 2. The molecule has 2 unspecified atom stereocenters. The van der Waals surface area contributed by atoms with Crippen LogP contribution in [0.2, 0.25) is 0 Å². The number of rotatable bonds is 5. The third-order valence-electron chi connectivity index (χ3n) is 3.85. The molecule has 1 amide bonds. The van der Waals surface area contributed by atoms with E-state index in [4.69, 9.17) is 0 Å². The van der Waals surface area contributed by atoms with Crippen molar-refractivity contribution in [3.8, 4) is 0 Å². The number of nitrogens with one attached hydrogen (secondary N) is 2. The molecule has 100 valence electrons. The second kappa shape index (κ2) is 4.72. The first-order chi connectivity index (χ1) is 8.44. The molecule has 5 nitrogen and oxygen atoms in total. The third kappa shape index (κ3) is 2.72. The maximum Gasteiger partial charge on any atom is 0.241 e. The molecule has 1 aliphatic rings. The van der Waals surface area contributed by atoms with E-state index in [1.54, 1.807) is 17.9 Å². The van der Waals surface area contributed by atoms with Gasteiger partial charge in [-0.15, -0.1) is 0 Å². The molecule has 1 heterocycles. The molecule has 0 bridgehead atoms. The molecule has 1 saturated carbocycles. The molecule has 2 N–H and O–H groups in total. The highest BCUT2D eigenvalue weighted by Gasteiger charge is 2.45. The molecule has 0 saturated heterocycles. The average molecular weight is 250 g/mol. The molecule has 18 heavy (non-hydrogen) atoms. The molecule has 0 aromatic carbocycles. The van der Waals surface area contributed by atoms with Gasteiger partial charge in [-0.1, -0.05) is 13.8 Å². The lowest BCUT2D eigenvalue weighted by Crippen LogP contribution is -2.37. The van der Waals surface area contributed by atoms with Crippen molar-refractivity contribution in [1.29, 1.82) is 0 Å². The zero-order chi connectivity index (χ0) is 13.3. The lowest BCUT2D eigenvalue weighted by atomic mass is 10.1. The first-order valence-electron chi connectivity index (χ1n) is 6.37. The molecule has 5 heteroatoms. The van der Waals surface area contributed by atoms with Crippen molar-refractivity contribution in [2.45, 2.75) is 26.3 Å². The Morgan fingerprint density at radius 2 is 2.33 bits per heavy atom. The molecule has 1 aromatic rings. The Morgan fingerprint density at radius 1 is 1.67 bits per heavy atom. The van der Waals surface area contributed by atoms with Crippen LogP contribution in [0, 0.1) is 11.3 Å². The fourth-order valence-electron chi connectivity index (χ4n) is 2.29. The fourth-order valence-corrected chi connectivity index (χ4v) is 2.29. The summed E-state index contributed by atoms with van der Waals surface area (Å²) in [5.74, 6) is 0.640. The van der Waals surface area contributed by atoms with E-state index in [1.165, 1.54) is 6.42 Å². The molecular weight excluding hydrogens is 228 g/mol. The summed E-state index contributed by atoms with van der Waals surface area (Å²) in [6, 6.07) is -0.319. The molecule has 1 fully saturated rings. The van der Waals surface area contributed by atoms with Crippen molar-refractivity contribution in [3.63, 3.8) is 0 Å². The van der Waals surface area contributed by atoms with Gasteiger partial charge >= 0.3 is 0 Å². The van der Waals surface area contributed by atoms with Crippen molar-refractivity contribution in [1.82, 2.24) is 20.4 Å². The Labute approximate surface area is 108 Å².